The number of benzene rings is 4. The monoisotopic (exact) mass is 315 g/mol. The van der Waals surface area contributed by atoms with Gasteiger partial charge in [-0.3, -0.25) is 0 Å². The van der Waals surface area contributed by atoms with Gasteiger partial charge in [-0.25, -0.2) is 0 Å². The lowest BCUT2D eigenvalue weighted by Gasteiger charge is -2.34. The van der Waals surface area contributed by atoms with Crippen LogP contribution >= 0.6 is 0 Å². The van der Waals surface area contributed by atoms with Crippen LogP contribution in [0.4, 0.5) is 0 Å². The van der Waals surface area contributed by atoms with E-state index in [9.17, 15) is 5.11 Å². The van der Waals surface area contributed by atoms with Gasteiger partial charge in [-0.1, -0.05) is 61.0 Å². The molecule has 2 atom stereocenters. The van der Waals surface area contributed by atoms with Crippen molar-refractivity contribution in [2.24, 2.45) is 11.7 Å². The largest absolute Gasteiger partial charge is 0.391 e. The second-order valence-electron chi connectivity index (χ2n) is 7.22. The summed E-state index contributed by atoms with van der Waals surface area (Å²) >= 11 is 0. The number of aliphatic hydroxyl groups is 1. The highest BCUT2D eigenvalue weighted by Crippen LogP contribution is 2.40. The van der Waals surface area contributed by atoms with Crippen molar-refractivity contribution in [2.45, 2.75) is 31.4 Å². The number of rotatable bonds is 3. The van der Waals surface area contributed by atoms with Gasteiger partial charge < -0.3 is 10.8 Å². The Morgan fingerprint density at radius 3 is 2.12 bits per heavy atom. The minimum absolute atomic E-state index is 0.320. The zero-order valence-electron chi connectivity index (χ0n) is 13.6. The molecule has 0 radical (unpaired) electrons. The van der Waals surface area contributed by atoms with E-state index in [1.807, 2.05) is 0 Å². The van der Waals surface area contributed by atoms with Gasteiger partial charge in [0.05, 0.1) is 12.1 Å². The molecule has 0 spiro atoms. The van der Waals surface area contributed by atoms with Crippen LogP contribution in [0.3, 0.4) is 0 Å². The van der Waals surface area contributed by atoms with Crippen molar-refractivity contribution in [2.75, 3.05) is 0 Å². The third-order valence-electron chi connectivity index (χ3n) is 5.92. The first-order chi connectivity index (χ1) is 11.7. The Hall–Kier alpha value is -2.16. The Morgan fingerprint density at radius 1 is 0.833 bits per heavy atom. The molecule has 120 valence electrons. The molecule has 4 aromatic carbocycles. The fourth-order valence-electron chi connectivity index (χ4n) is 4.31. The van der Waals surface area contributed by atoms with E-state index in [0.717, 1.165) is 18.4 Å². The molecule has 0 amide bonds. The van der Waals surface area contributed by atoms with Crippen LogP contribution in [0.2, 0.25) is 0 Å². The zero-order valence-corrected chi connectivity index (χ0v) is 13.6. The molecule has 0 bridgehead atoms. The molecular weight excluding hydrogens is 294 g/mol. The molecule has 0 aliphatic heterocycles. The second-order valence-corrected chi connectivity index (χ2v) is 7.22. The maximum Gasteiger partial charge on any atom is 0.0761 e. The van der Waals surface area contributed by atoms with Gasteiger partial charge in [-0.15, -0.1) is 0 Å². The van der Waals surface area contributed by atoms with Gasteiger partial charge in [0.15, 0.2) is 0 Å². The van der Waals surface area contributed by atoms with Crippen LogP contribution in [0, 0.1) is 5.92 Å². The van der Waals surface area contributed by atoms with Crippen LogP contribution in [-0.2, 0) is 0 Å². The van der Waals surface area contributed by atoms with Gasteiger partial charge >= 0.3 is 0 Å². The second kappa shape index (κ2) is 5.17. The van der Waals surface area contributed by atoms with Gasteiger partial charge in [0.2, 0.25) is 0 Å². The molecule has 0 saturated heterocycles. The Balaban J connectivity index is 1.77. The summed E-state index contributed by atoms with van der Waals surface area (Å²) in [5.74, 6) is 0.360. The molecule has 4 aromatic rings. The summed E-state index contributed by atoms with van der Waals surface area (Å²) in [4.78, 5) is 0. The van der Waals surface area contributed by atoms with Crippen molar-refractivity contribution < 1.29 is 5.11 Å². The topological polar surface area (TPSA) is 46.2 Å². The van der Waals surface area contributed by atoms with Crippen molar-refractivity contribution in [3.05, 3.63) is 60.2 Å². The van der Waals surface area contributed by atoms with Crippen molar-refractivity contribution in [3.63, 3.8) is 0 Å². The minimum atomic E-state index is -0.447. The van der Waals surface area contributed by atoms with E-state index in [1.165, 1.54) is 38.7 Å². The van der Waals surface area contributed by atoms with Crippen molar-refractivity contribution in [3.8, 4) is 0 Å². The summed E-state index contributed by atoms with van der Waals surface area (Å²) in [7, 11) is 0. The summed E-state index contributed by atoms with van der Waals surface area (Å²) < 4.78 is 0. The quantitative estimate of drug-likeness (QED) is 0.536. The molecule has 2 nitrogen and oxygen atoms in total. The van der Waals surface area contributed by atoms with Crippen molar-refractivity contribution >= 4 is 32.3 Å². The highest BCUT2D eigenvalue weighted by atomic mass is 16.3. The van der Waals surface area contributed by atoms with Crippen LogP contribution in [0.1, 0.15) is 30.9 Å². The molecule has 0 unspecified atom stereocenters. The van der Waals surface area contributed by atoms with Crippen LogP contribution in [-0.4, -0.2) is 11.2 Å². The molecular formula is C22H21NO. The Labute approximate surface area is 141 Å². The maximum absolute atomic E-state index is 10.7. The molecule has 24 heavy (non-hydrogen) atoms. The minimum Gasteiger partial charge on any atom is -0.391 e. The van der Waals surface area contributed by atoms with E-state index >= 15 is 0 Å². The predicted octanol–water partition coefficient (Wildman–Crippen LogP) is 4.74. The van der Waals surface area contributed by atoms with Gasteiger partial charge in [0, 0.05) is 0 Å². The van der Waals surface area contributed by atoms with E-state index in [1.54, 1.807) is 0 Å². The first-order valence-corrected chi connectivity index (χ1v) is 8.84. The first kappa shape index (κ1) is 14.2. The van der Waals surface area contributed by atoms with Crippen molar-refractivity contribution in [1.82, 2.24) is 0 Å². The summed E-state index contributed by atoms with van der Waals surface area (Å²) in [6, 6.07) is 19.1. The van der Waals surface area contributed by atoms with Crippen LogP contribution in [0.15, 0.2) is 54.6 Å². The average molecular weight is 315 g/mol. The number of nitrogens with two attached hydrogens (primary N) is 1. The van der Waals surface area contributed by atoms with Gasteiger partial charge in [-0.05, 0) is 56.6 Å². The molecule has 0 aromatic heterocycles. The third-order valence-corrected chi connectivity index (χ3v) is 5.92. The summed E-state index contributed by atoms with van der Waals surface area (Å²) in [6.07, 6.45) is 2.96. The highest BCUT2D eigenvalue weighted by Gasteiger charge is 2.31. The Morgan fingerprint density at radius 2 is 1.46 bits per heavy atom. The zero-order chi connectivity index (χ0) is 16.3. The lowest BCUT2D eigenvalue weighted by atomic mass is 9.76. The molecule has 5 rings (SSSR count). The van der Waals surface area contributed by atoms with Crippen molar-refractivity contribution in [1.29, 1.82) is 0 Å². The smallest absolute Gasteiger partial charge is 0.0761 e. The van der Waals surface area contributed by atoms with Gasteiger partial charge in [0.25, 0.3) is 0 Å². The lowest BCUT2D eigenvalue weighted by molar-refractivity contribution is 0.0417. The van der Waals surface area contributed by atoms with E-state index in [2.05, 4.69) is 54.6 Å². The molecule has 1 saturated carbocycles. The number of hydrogen-bond acceptors (Lipinski definition) is 2. The van der Waals surface area contributed by atoms with E-state index in [0.29, 0.717) is 5.92 Å². The molecule has 1 aliphatic carbocycles. The maximum atomic E-state index is 10.7. The van der Waals surface area contributed by atoms with Gasteiger partial charge in [0.1, 0.15) is 0 Å². The Kier molecular flexibility index (Phi) is 3.06. The standard InChI is InChI=1S/C22H21NO/c23-21(22(24)16-5-2-6-16)18-12-10-15-8-7-13-3-1-4-14-9-11-17(18)20(15)19(13)14/h1,3-4,7-12,16,21-22,24H,2,5-6,23H2/t21-,22+/m1/s1. The molecule has 1 fully saturated rings. The fraction of sp³-hybridized carbons (Fsp3) is 0.273. The van der Waals surface area contributed by atoms with E-state index < -0.39 is 6.10 Å². The Bertz CT molecular complexity index is 1020. The summed E-state index contributed by atoms with van der Waals surface area (Å²) in [6.45, 7) is 0. The van der Waals surface area contributed by atoms with Crippen LogP contribution in [0.25, 0.3) is 32.3 Å². The SMILES string of the molecule is N[C@H](c1ccc2ccc3cccc4ccc1c2c34)[C@@H](O)C1CCC1. The molecule has 1 aliphatic rings. The predicted molar refractivity (Wildman–Crippen MR) is 100 cm³/mol. The molecule has 0 heterocycles. The normalized spacial score (nSPS) is 18.2. The lowest BCUT2D eigenvalue weighted by Crippen LogP contribution is -2.36. The third kappa shape index (κ3) is 1.90. The van der Waals surface area contributed by atoms with Crippen LogP contribution < -0.4 is 5.73 Å². The fourth-order valence-corrected chi connectivity index (χ4v) is 4.31. The van der Waals surface area contributed by atoms with E-state index in [-0.39, 0.29) is 6.04 Å². The van der Waals surface area contributed by atoms with Gasteiger partial charge in [-0.2, -0.15) is 0 Å². The molecule has 3 N–H and O–H groups in total. The summed E-state index contributed by atoms with van der Waals surface area (Å²) in [5.41, 5.74) is 7.57. The first-order valence-electron chi connectivity index (χ1n) is 8.84. The average Bonchev–Trinajstić information content (AvgIpc) is 2.57. The number of aliphatic hydroxyl groups excluding tert-OH is 1. The van der Waals surface area contributed by atoms with E-state index in [4.69, 9.17) is 5.73 Å². The number of hydrogen-bond donors (Lipinski definition) is 2. The van der Waals surface area contributed by atoms with Crippen LogP contribution in [0.5, 0.6) is 0 Å². The summed E-state index contributed by atoms with van der Waals surface area (Å²) in [5, 5.41) is 18.2. The molecule has 2 heteroatoms. The highest BCUT2D eigenvalue weighted by molar-refractivity contribution is 6.23.